The summed E-state index contributed by atoms with van der Waals surface area (Å²) in [7, 11) is 0. The number of hydrogen-bond donors (Lipinski definition) is 1. The molecule has 3 rings (SSSR count). The number of nitrogens with one attached hydrogen (secondary N) is 1. The van der Waals surface area contributed by atoms with Gasteiger partial charge in [-0.1, -0.05) is 6.07 Å². The Kier molecular flexibility index (Phi) is 5.49. The molecule has 1 N–H and O–H groups in total. The van der Waals surface area contributed by atoms with Crippen molar-refractivity contribution in [3.05, 3.63) is 41.7 Å². The number of anilines is 1. The van der Waals surface area contributed by atoms with Crippen molar-refractivity contribution in [2.24, 2.45) is 0 Å². The summed E-state index contributed by atoms with van der Waals surface area (Å²) in [5.41, 5.74) is 2.87. The molecule has 0 spiro atoms. The van der Waals surface area contributed by atoms with Crippen LogP contribution in [0.5, 0.6) is 0 Å². The Morgan fingerprint density at radius 2 is 2.22 bits per heavy atom. The van der Waals surface area contributed by atoms with E-state index in [1.807, 2.05) is 41.8 Å². The molecule has 4 nitrogen and oxygen atoms in total. The van der Waals surface area contributed by atoms with E-state index < -0.39 is 0 Å². The van der Waals surface area contributed by atoms with Crippen LogP contribution in [0.4, 0.5) is 5.69 Å². The van der Waals surface area contributed by atoms with E-state index in [0.717, 1.165) is 60.8 Å². The summed E-state index contributed by atoms with van der Waals surface area (Å²) in [6.07, 6.45) is 6.15. The number of nitrogens with zero attached hydrogens (tertiary/aromatic N) is 1. The third-order valence-electron chi connectivity index (χ3n) is 4.41. The van der Waals surface area contributed by atoms with Crippen molar-refractivity contribution in [3.8, 4) is 0 Å². The van der Waals surface area contributed by atoms with Gasteiger partial charge < -0.3 is 15.0 Å². The smallest absolute Gasteiger partial charge is 0.254 e. The van der Waals surface area contributed by atoms with Crippen LogP contribution in [0.1, 0.15) is 28.8 Å². The number of thioether (sulfide) groups is 1. The highest BCUT2D eigenvalue weighted by molar-refractivity contribution is 7.99. The SMILES string of the molecule is Cc1c(NC[C@@H]2CCC=CO2)cccc1C(=O)N1CCSCC1. The second-order valence-electron chi connectivity index (χ2n) is 5.97. The van der Waals surface area contributed by atoms with Gasteiger partial charge in [-0.15, -0.1) is 0 Å². The molecule has 2 aliphatic heterocycles. The summed E-state index contributed by atoms with van der Waals surface area (Å²) in [6.45, 7) is 4.49. The minimum Gasteiger partial charge on any atom is -0.497 e. The predicted octanol–water partition coefficient (Wildman–Crippen LogP) is 3.29. The minimum atomic E-state index is 0.156. The number of hydrogen-bond acceptors (Lipinski definition) is 4. The van der Waals surface area contributed by atoms with Gasteiger partial charge >= 0.3 is 0 Å². The van der Waals surface area contributed by atoms with Gasteiger partial charge in [0.1, 0.15) is 6.10 Å². The fourth-order valence-electron chi connectivity index (χ4n) is 2.95. The average Bonchev–Trinajstić information content (AvgIpc) is 2.62. The van der Waals surface area contributed by atoms with Crippen molar-refractivity contribution < 1.29 is 9.53 Å². The second kappa shape index (κ2) is 7.77. The highest BCUT2D eigenvalue weighted by atomic mass is 32.2. The number of carbonyl (C=O) groups excluding carboxylic acids is 1. The van der Waals surface area contributed by atoms with Gasteiger partial charge in [0.2, 0.25) is 0 Å². The van der Waals surface area contributed by atoms with Gasteiger partial charge in [-0.2, -0.15) is 11.8 Å². The summed E-state index contributed by atoms with van der Waals surface area (Å²) in [4.78, 5) is 14.7. The fraction of sp³-hybridized carbons (Fsp3) is 0.500. The first kappa shape index (κ1) is 16.2. The molecular weight excluding hydrogens is 308 g/mol. The molecule has 0 aliphatic carbocycles. The molecule has 5 heteroatoms. The van der Waals surface area contributed by atoms with Crippen LogP contribution in [0.15, 0.2) is 30.5 Å². The predicted molar refractivity (Wildman–Crippen MR) is 96.1 cm³/mol. The Balaban J connectivity index is 1.67. The number of carbonyl (C=O) groups is 1. The standard InChI is InChI=1S/C18H24N2O2S/c1-14-16(18(21)20-8-11-23-12-9-20)6-4-7-17(14)19-13-15-5-2-3-10-22-15/h3-4,6-7,10,15,19H,2,5,8-9,11-13H2,1H3/t15-/m0/s1. The van der Waals surface area contributed by atoms with Crippen LogP contribution in [0.3, 0.4) is 0 Å². The van der Waals surface area contributed by atoms with Crippen molar-refractivity contribution in [1.29, 1.82) is 0 Å². The lowest BCUT2D eigenvalue weighted by molar-refractivity contribution is 0.0771. The van der Waals surface area contributed by atoms with Gasteiger partial charge in [0.05, 0.1) is 12.8 Å². The summed E-state index contributed by atoms with van der Waals surface area (Å²) in [6, 6.07) is 5.93. The average molecular weight is 332 g/mol. The molecule has 0 bridgehead atoms. The molecule has 1 saturated heterocycles. The van der Waals surface area contributed by atoms with Crippen molar-refractivity contribution in [2.75, 3.05) is 36.5 Å². The van der Waals surface area contributed by atoms with E-state index in [4.69, 9.17) is 4.74 Å². The summed E-state index contributed by atoms with van der Waals surface area (Å²) in [5, 5.41) is 3.45. The van der Waals surface area contributed by atoms with Crippen LogP contribution in [0.25, 0.3) is 0 Å². The molecule has 0 unspecified atom stereocenters. The van der Waals surface area contributed by atoms with Crippen LogP contribution in [0.2, 0.25) is 0 Å². The second-order valence-corrected chi connectivity index (χ2v) is 7.20. The lowest BCUT2D eigenvalue weighted by atomic mass is 10.0. The molecule has 23 heavy (non-hydrogen) atoms. The maximum atomic E-state index is 12.7. The van der Waals surface area contributed by atoms with E-state index in [0.29, 0.717) is 0 Å². The third-order valence-corrected chi connectivity index (χ3v) is 5.35. The zero-order chi connectivity index (χ0) is 16.1. The van der Waals surface area contributed by atoms with Crippen molar-refractivity contribution >= 4 is 23.4 Å². The number of amides is 1. The molecule has 2 heterocycles. The Bertz CT molecular complexity index is 582. The highest BCUT2D eigenvalue weighted by Gasteiger charge is 2.21. The first-order chi connectivity index (χ1) is 11.3. The fourth-order valence-corrected chi connectivity index (χ4v) is 3.86. The van der Waals surface area contributed by atoms with E-state index in [1.165, 1.54) is 0 Å². The topological polar surface area (TPSA) is 41.6 Å². The molecule has 0 saturated carbocycles. The van der Waals surface area contributed by atoms with Gasteiger partial charge in [0, 0.05) is 35.8 Å². The van der Waals surface area contributed by atoms with E-state index in [9.17, 15) is 4.79 Å². The quantitative estimate of drug-likeness (QED) is 0.919. The largest absolute Gasteiger partial charge is 0.497 e. The zero-order valence-electron chi connectivity index (χ0n) is 13.6. The molecule has 1 aromatic rings. The van der Waals surface area contributed by atoms with Gasteiger partial charge in [-0.05, 0) is 43.5 Å². The number of benzene rings is 1. The van der Waals surface area contributed by atoms with Crippen LogP contribution < -0.4 is 5.32 Å². The lowest BCUT2D eigenvalue weighted by Gasteiger charge is -2.27. The van der Waals surface area contributed by atoms with Crippen molar-refractivity contribution in [1.82, 2.24) is 4.90 Å². The molecule has 1 amide bonds. The number of ether oxygens (including phenoxy) is 1. The third kappa shape index (κ3) is 4.02. The van der Waals surface area contributed by atoms with Gasteiger partial charge in [-0.25, -0.2) is 0 Å². The van der Waals surface area contributed by atoms with E-state index in [1.54, 1.807) is 6.26 Å². The lowest BCUT2D eigenvalue weighted by Crippen LogP contribution is -2.38. The van der Waals surface area contributed by atoms with Crippen LogP contribution in [-0.2, 0) is 4.74 Å². The van der Waals surface area contributed by atoms with Crippen LogP contribution in [-0.4, -0.2) is 48.1 Å². The summed E-state index contributed by atoms with van der Waals surface area (Å²) >= 11 is 1.92. The van der Waals surface area contributed by atoms with Crippen LogP contribution in [0, 0.1) is 6.92 Å². The van der Waals surface area contributed by atoms with E-state index in [-0.39, 0.29) is 12.0 Å². The highest BCUT2D eigenvalue weighted by Crippen LogP contribution is 2.22. The molecule has 0 aromatic heterocycles. The minimum absolute atomic E-state index is 0.156. The Morgan fingerprint density at radius 1 is 1.39 bits per heavy atom. The molecule has 124 valence electrons. The molecular formula is C18H24N2O2S. The van der Waals surface area contributed by atoms with Crippen molar-refractivity contribution in [3.63, 3.8) is 0 Å². The zero-order valence-corrected chi connectivity index (χ0v) is 14.4. The van der Waals surface area contributed by atoms with Gasteiger partial charge in [0.25, 0.3) is 5.91 Å². The molecule has 1 fully saturated rings. The van der Waals surface area contributed by atoms with Crippen LogP contribution >= 0.6 is 11.8 Å². The summed E-state index contributed by atoms with van der Waals surface area (Å²) < 4.78 is 5.59. The Morgan fingerprint density at radius 3 is 2.96 bits per heavy atom. The molecule has 1 aromatic carbocycles. The molecule has 0 radical (unpaired) electrons. The van der Waals surface area contributed by atoms with Gasteiger partial charge in [-0.3, -0.25) is 4.79 Å². The van der Waals surface area contributed by atoms with Gasteiger partial charge in [0.15, 0.2) is 0 Å². The maximum absolute atomic E-state index is 12.7. The number of allylic oxidation sites excluding steroid dienone is 1. The number of rotatable bonds is 4. The summed E-state index contributed by atoms with van der Waals surface area (Å²) in [5.74, 6) is 2.23. The first-order valence-electron chi connectivity index (χ1n) is 8.26. The maximum Gasteiger partial charge on any atom is 0.254 e. The monoisotopic (exact) mass is 332 g/mol. The Hall–Kier alpha value is -1.62. The Labute approximate surface area is 142 Å². The normalized spacial score (nSPS) is 20.9. The van der Waals surface area contributed by atoms with E-state index in [2.05, 4.69) is 11.4 Å². The molecule has 1 atom stereocenters. The van der Waals surface area contributed by atoms with E-state index >= 15 is 0 Å². The first-order valence-corrected chi connectivity index (χ1v) is 9.42. The molecule has 2 aliphatic rings. The van der Waals surface area contributed by atoms with Crippen molar-refractivity contribution in [2.45, 2.75) is 25.9 Å².